The maximum absolute atomic E-state index is 10.2. The van der Waals surface area contributed by atoms with Crippen LogP contribution in [0.1, 0.15) is 38.3 Å². The van der Waals surface area contributed by atoms with E-state index in [1.54, 1.807) is 0 Å². The molecule has 14 heavy (non-hydrogen) atoms. The van der Waals surface area contributed by atoms with Gasteiger partial charge in [0.25, 0.3) is 0 Å². The Morgan fingerprint density at radius 3 is 2.00 bits per heavy atom. The first kappa shape index (κ1) is 12.9. The van der Waals surface area contributed by atoms with Gasteiger partial charge in [-0.15, -0.1) is 0 Å². The zero-order valence-electron chi connectivity index (χ0n) is 9.42. The van der Waals surface area contributed by atoms with Crippen LogP contribution in [0.15, 0.2) is 24.3 Å². The van der Waals surface area contributed by atoms with Crippen molar-refractivity contribution in [2.45, 2.75) is 40.0 Å². The number of aldehydes is 1. The average Bonchev–Trinajstić information content (AvgIpc) is 2.25. The molecule has 0 radical (unpaired) electrons. The van der Waals surface area contributed by atoms with Crippen molar-refractivity contribution in [3.05, 3.63) is 35.4 Å². The molecule has 0 aliphatic heterocycles. The molecule has 1 heteroatoms. The van der Waals surface area contributed by atoms with Crippen molar-refractivity contribution in [3.63, 3.8) is 0 Å². The van der Waals surface area contributed by atoms with E-state index in [9.17, 15) is 4.79 Å². The van der Waals surface area contributed by atoms with Crippen LogP contribution in [0.5, 0.6) is 0 Å². The third kappa shape index (κ3) is 4.80. The van der Waals surface area contributed by atoms with Gasteiger partial charge in [0.15, 0.2) is 0 Å². The van der Waals surface area contributed by atoms with E-state index in [1.807, 2.05) is 26.0 Å². The molecule has 0 atom stereocenters. The van der Waals surface area contributed by atoms with E-state index in [0.717, 1.165) is 18.3 Å². The molecule has 0 N–H and O–H groups in total. The molecule has 0 spiro atoms. The lowest BCUT2D eigenvalue weighted by Crippen LogP contribution is -1.87. The predicted molar refractivity (Wildman–Crippen MR) is 61.6 cm³/mol. The number of hydrogen-bond acceptors (Lipinski definition) is 1. The van der Waals surface area contributed by atoms with Crippen molar-refractivity contribution in [2.24, 2.45) is 0 Å². The number of carbonyl (C=O) groups excluding carboxylic acids is 1. The number of rotatable bonds is 4. The average molecular weight is 192 g/mol. The second-order valence-corrected chi connectivity index (χ2v) is 2.94. The largest absolute Gasteiger partial charge is 0.303 e. The highest BCUT2D eigenvalue weighted by Crippen LogP contribution is 2.06. The Balaban J connectivity index is 0.000000791. The van der Waals surface area contributed by atoms with Gasteiger partial charge in [-0.05, 0) is 17.5 Å². The summed E-state index contributed by atoms with van der Waals surface area (Å²) in [6.45, 7) is 6.17. The molecule has 0 fully saturated rings. The molecule has 0 aliphatic rings. The first-order valence-corrected chi connectivity index (χ1v) is 5.38. The Bertz CT molecular complexity index is 236. The fraction of sp³-hybridized carbons (Fsp3) is 0.462. The SMILES string of the molecule is CC.CCCc1ccc(CC=O)cc1. The topological polar surface area (TPSA) is 17.1 Å². The quantitative estimate of drug-likeness (QED) is 0.668. The number of benzene rings is 1. The minimum Gasteiger partial charge on any atom is -0.303 e. The third-order valence-electron chi connectivity index (χ3n) is 1.88. The van der Waals surface area contributed by atoms with E-state index in [2.05, 4.69) is 19.1 Å². The molecule has 0 saturated carbocycles. The molecule has 0 saturated heterocycles. The third-order valence-corrected chi connectivity index (χ3v) is 1.88. The summed E-state index contributed by atoms with van der Waals surface area (Å²) in [4.78, 5) is 10.2. The Morgan fingerprint density at radius 1 is 1.07 bits per heavy atom. The normalized spacial score (nSPS) is 8.79. The van der Waals surface area contributed by atoms with Crippen molar-refractivity contribution < 1.29 is 4.79 Å². The molecule has 0 unspecified atom stereocenters. The molecule has 78 valence electrons. The monoisotopic (exact) mass is 192 g/mol. The molecule has 1 aromatic carbocycles. The fourth-order valence-electron chi connectivity index (χ4n) is 1.23. The highest BCUT2D eigenvalue weighted by Gasteiger charge is 1.92. The smallest absolute Gasteiger partial charge is 0.124 e. The zero-order chi connectivity index (χ0) is 10.8. The molecule has 1 nitrogen and oxygen atoms in total. The van der Waals surface area contributed by atoms with Crippen molar-refractivity contribution in [1.82, 2.24) is 0 Å². The number of carbonyl (C=O) groups is 1. The van der Waals surface area contributed by atoms with Gasteiger partial charge in [-0.3, -0.25) is 0 Å². The second kappa shape index (κ2) is 8.49. The summed E-state index contributed by atoms with van der Waals surface area (Å²) in [5.41, 5.74) is 2.46. The van der Waals surface area contributed by atoms with E-state index >= 15 is 0 Å². The number of aryl methyl sites for hydroxylation is 1. The lowest BCUT2D eigenvalue weighted by molar-refractivity contribution is -0.107. The Kier molecular flexibility index (Phi) is 7.81. The summed E-state index contributed by atoms with van der Waals surface area (Å²) in [6.07, 6.45) is 3.77. The minimum atomic E-state index is 0.534. The van der Waals surface area contributed by atoms with Crippen molar-refractivity contribution in [3.8, 4) is 0 Å². The van der Waals surface area contributed by atoms with E-state index < -0.39 is 0 Å². The van der Waals surface area contributed by atoms with Crippen LogP contribution in [0, 0.1) is 0 Å². The van der Waals surface area contributed by atoms with Gasteiger partial charge in [-0.1, -0.05) is 51.5 Å². The maximum atomic E-state index is 10.2. The first-order chi connectivity index (χ1) is 6.86. The predicted octanol–water partition coefficient (Wildman–Crippen LogP) is 3.41. The molecule has 0 aliphatic carbocycles. The highest BCUT2D eigenvalue weighted by atomic mass is 16.1. The summed E-state index contributed by atoms with van der Waals surface area (Å²) in [5.74, 6) is 0. The molecule has 0 aromatic heterocycles. The zero-order valence-corrected chi connectivity index (χ0v) is 9.42. The van der Waals surface area contributed by atoms with Gasteiger partial charge < -0.3 is 4.79 Å². The van der Waals surface area contributed by atoms with Gasteiger partial charge in [0, 0.05) is 6.42 Å². The molecule has 0 heterocycles. The van der Waals surface area contributed by atoms with Crippen LogP contribution < -0.4 is 0 Å². The van der Waals surface area contributed by atoms with Gasteiger partial charge in [0.05, 0.1) is 0 Å². The van der Waals surface area contributed by atoms with Crippen LogP contribution in [0.25, 0.3) is 0 Å². The standard InChI is InChI=1S/C11H14O.C2H6/c1-2-3-10-4-6-11(7-5-10)8-9-12;1-2/h4-7,9H,2-3,8H2,1H3;1-2H3. The molecule has 1 rings (SSSR count). The van der Waals surface area contributed by atoms with Crippen molar-refractivity contribution >= 4 is 6.29 Å². The van der Waals surface area contributed by atoms with Gasteiger partial charge in [0.1, 0.15) is 6.29 Å². The van der Waals surface area contributed by atoms with Gasteiger partial charge in [-0.25, -0.2) is 0 Å². The molecule has 0 bridgehead atoms. The van der Waals surface area contributed by atoms with Crippen LogP contribution in [0.2, 0.25) is 0 Å². The summed E-state index contributed by atoms with van der Waals surface area (Å²) in [7, 11) is 0. The van der Waals surface area contributed by atoms with E-state index in [-0.39, 0.29) is 0 Å². The molecular weight excluding hydrogens is 172 g/mol. The van der Waals surface area contributed by atoms with Gasteiger partial charge in [-0.2, -0.15) is 0 Å². The van der Waals surface area contributed by atoms with Crippen molar-refractivity contribution in [2.75, 3.05) is 0 Å². The van der Waals surface area contributed by atoms with Crippen LogP contribution in [0.3, 0.4) is 0 Å². The Labute approximate surface area is 87.2 Å². The summed E-state index contributed by atoms with van der Waals surface area (Å²) < 4.78 is 0. The van der Waals surface area contributed by atoms with Crippen LogP contribution in [-0.4, -0.2) is 6.29 Å². The fourth-order valence-corrected chi connectivity index (χ4v) is 1.23. The number of hydrogen-bond donors (Lipinski definition) is 0. The summed E-state index contributed by atoms with van der Waals surface area (Å²) in [6, 6.07) is 8.25. The molecular formula is C13H20O. The second-order valence-electron chi connectivity index (χ2n) is 2.94. The van der Waals surface area contributed by atoms with Crippen LogP contribution >= 0.6 is 0 Å². The maximum Gasteiger partial charge on any atom is 0.124 e. The lowest BCUT2D eigenvalue weighted by atomic mass is 10.1. The van der Waals surface area contributed by atoms with E-state index in [0.29, 0.717) is 6.42 Å². The minimum absolute atomic E-state index is 0.534. The Hall–Kier alpha value is -1.11. The van der Waals surface area contributed by atoms with Gasteiger partial charge in [0.2, 0.25) is 0 Å². The summed E-state index contributed by atoms with van der Waals surface area (Å²) in [5, 5.41) is 0. The van der Waals surface area contributed by atoms with Crippen LogP contribution in [-0.2, 0) is 17.6 Å². The lowest BCUT2D eigenvalue weighted by Gasteiger charge is -1.99. The Morgan fingerprint density at radius 2 is 1.57 bits per heavy atom. The van der Waals surface area contributed by atoms with Crippen LogP contribution in [0.4, 0.5) is 0 Å². The first-order valence-electron chi connectivity index (χ1n) is 5.38. The van der Waals surface area contributed by atoms with Crippen molar-refractivity contribution in [1.29, 1.82) is 0 Å². The highest BCUT2D eigenvalue weighted by molar-refractivity contribution is 5.54. The molecule has 0 amide bonds. The van der Waals surface area contributed by atoms with E-state index in [1.165, 1.54) is 12.0 Å². The summed E-state index contributed by atoms with van der Waals surface area (Å²) >= 11 is 0. The molecule has 1 aromatic rings. The van der Waals surface area contributed by atoms with Gasteiger partial charge >= 0.3 is 0 Å². The van der Waals surface area contributed by atoms with E-state index in [4.69, 9.17) is 0 Å².